The number of ketones is 1. The predicted octanol–water partition coefficient (Wildman–Crippen LogP) is 3.56. The molecule has 1 unspecified atom stereocenters. The number of Topliss-reactive ketones (excluding diaryl/α,β-unsaturated/α-hetero) is 1. The molecule has 0 aliphatic rings. The quantitative estimate of drug-likeness (QED) is 0.657. The molecular formula is C16H17NO. The van der Waals surface area contributed by atoms with Gasteiger partial charge in [-0.3, -0.25) is 4.79 Å². The van der Waals surface area contributed by atoms with Crippen LogP contribution in [0.25, 0.3) is 0 Å². The minimum atomic E-state index is -0.130. The average Bonchev–Trinajstić information content (AvgIpc) is 2.41. The van der Waals surface area contributed by atoms with Crippen molar-refractivity contribution >= 4 is 11.5 Å². The number of rotatable bonds is 3. The molecule has 0 heterocycles. The molecule has 1 atom stereocenters. The van der Waals surface area contributed by atoms with Crippen molar-refractivity contribution in [2.24, 2.45) is 0 Å². The number of carbonyl (C=O) groups excluding carboxylic acids is 1. The molecule has 92 valence electrons. The SMILES string of the molecule is Cc1cc(C(=O)C(C)c2ccccc2)ccc1N. The molecule has 0 bridgehead atoms. The van der Waals surface area contributed by atoms with Crippen LogP contribution in [0.4, 0.5) is 5.69 Å². The van der Waals surface area contributed by atoms with Gasteiger partial charge in [0.05, 0.1) is 0 Å². The molecule has 2 aromatic carbocycles. The van der Waals surface area contributed by atoms with Gasteiger partial charge in [0.1, 0.15) is 0 Å². The summed E-state index contributed by atoms with van der Waals surface area (Å²) in [5.41, 5.74) is 9.19. The van der Waals surface area contributed by atoms with Crippen LogP contribution in [0.2, 0.25) is 0 Å². The lowest BCUT2D eigenvalue weighted by molar-refractivity contribution is 0.0966. The zero-order chi connectivity index (χ0) is 13.1. The maximum atomic E-state index is 12.4. The van der Waals surface area contributed by atoms with Crippen LogP contribution in [0.1, 0.15) is 34.3 Å². The second-order valence-corrected chi connectivity index (χ2v) is 4.57. The lowest BCUT2D eigenvalue weighted by Crippen LogP contribution is -2.10. The van der Waals surface area contributed by atoms with Gasteiger partial charge in [0.15, 0.2) is 5.78 Å². The van der Waals surface area contributed by atoms with Gasteiger partial charge >= 0.3 is 0 Å². The largest absolute Gasteiger partial charge is 0.399 e. The Bertz CT molecular complexity index is 561. The van der Waals surface area contributed by atoms with E-state index in [0.717, 1.165) is 22.4 Å². The van der Waals surface area contributed by atoms with Crippen molar-refractivity contribution in [1.29, 1.82) is 0 Å². The maximum absolute atomic E-state index is 12.4. The van der Waals surface area contributed by atoms with Crippen molar-refractivity contribution in [3.8, 4) is 0 Å². The van der Waals surface area contributed by atoms with E-state index >= 15 is 0 Å². The van der Waals surface area contributed by atoms with Gasteiger partial charge in [-0.2, -0.15) is 0 Å². The van der Waals surface area contributed by atoms with Crippen LogP contribution in [0.5, 0.6) is 0 Å². The van der Waals surface area contributed by atoms with E-state index in [1.54, 1.807) is 12.1 Å². The van der Waals surface area contributed by atoms with E-state index in [0.29, 0.717) is 0 Å². The van der Waals surface area contributed by atoms with Crippen LogP contribution >= 0.6 is 0 Å². The predicted molar refractivity (Wildman–Crippen MR) is 74.8 cm³/mol. The van der Waals surface area contributed by atoms with Gasteiger partial charge in [0.2, 0.25) is 0 Å². The highest BCUT2D eigenvalue weighted by Gasteiger charge is 2.17. The number of hydrogen-bond donors (Lipinski definition) is 1. The van der Waals surface area contributed by atoms with Crippen LogP contribution in [0, 0.1) is 6.92 Å². The number of aryl methyl sites for hydroxylation is 1. The highest BCUT2D eigenvalue weighted by molar-refractivity contribution is 6.01. The third-order valence-electron chi connectivity index (χ3n) is 3.25. The van der Waals surface area contributed by atoms with Crippen LogP contribution in [0.3, 0.4) is 0 Å². The molecule has 0 aliphatic carbocycles. The second kappa shape index (κ2) is 5.05. The summed E-state index contributed by atoms with van der Waals surface area (Å²) in [7, 11) is 0. The van der Waals surface area contributed by atoms with Crippen LogP contribution in [0.15, 0.2) is 48.5 Å². The molecule has 0 aromatic heterocycles. The van der Waals surface area contributed by atoms with Gasteiger partial charge in [-0.1, -0.05) is 37.3 Å². The third-order valence-corrected chi connectivity index (χ3v) is 3.25. The van der Waals surface area contributed by atoms with Crippen LogP contribution in [-0.4, -0.2) is 5.78 Å². The molecular weight excluding hydrogens is 222 g/mol. The summed E-state index contributed by atoms with van der Waals surface area (Å²) in [4.78, 5) is 12.4. The third kappa shape index (κ3) is 2.43. The van der Waals surface area contributed by atoms with Crippen molar-refractivity contribution in [1.82, 2.24) is 0 Å². The molecule has 2 nitrogen and oxygen atoms in total. The molecule has 0 aliphatic heterocycles. The number of nitrogens with two attached hydrogens (primary N) is 1. The fourth-order valence-electron chi connectivity index (χ4n) is 1.97. The summed E-state index contributed by atoms with van der Waals surface area (Å²) in [5, 5.41) is 0. The van der Waals surface area contributed by atoms with E-state index in [9.17, 15) is 4.79 Å². The number of anilines is 1. The molecule has 2 rings (SSSR count). The van der Waals surface area contributed by atoms with E-state index in [-0.39, 0.29) is 11.7 Å². The molecule has 2 aromatic rings. The van der Waals surface area contributed by atoms with Gasteiger partial charge < -0.3 is 5.73 Å². The Hall–Kier alpha value is -2.09. The van der Waals surface area contributed by atoms with Gasteiger partial charge in [0.25, 0.3) is 0 Å². The first-order valence-electron chi connectivity index (χ1n) is 6.05. The average molecular weight is 239 g/mol. The summed E-state index contributed by atoms with van der Waals surface area (Å²) in [5.74, 6) is -0.00137. The molecule has 0 spiro atoms. The van der Waals surface area contributed by atoms with E-state index in [2.05, 4.69) is 0 Å². The van der Waals surface area contributed by atoms with E-state index in [4.69, 9.17) is 5.73 Å². The van der Waals surface area contributed by atoms with E-state index < -0.39 is 0 Å². The van der Waals surface area contributed by atoms with Crippen molar-refractivity contribution in [2.75, 3.05) is 5.73 Å². The minimum Gasteiger partial charge on any atom is -0.399 e. The van der Waals surface area contributed by atoms with Crippen LogP contribution < -0.4 is 5.73 Å². The van der Waals surface area contributed by atoms with Gasteiger partial charge in [0, 0.05) is 17.2 Å². The molecule has 2 heteroatoms. The topological polar surface area (TPSA) is 43.1 Å². The molecule has 0 saturated heterocycles. The van der Waals surface area contributed by atoms with E-state index in [1.807, 2.05) is 50.2 Å². The number of hydrogen-bond acceptors (Lipinski definition) is 2. The lowest BCUT2D eigenvalue weighted by atomic mass is 9.91. The Labute approximate surface area is 107 Å². The van der Waals surface area contributed by atoms with Gasteiger partial charge in [-0.15, -0.1) is 0 Å². The maximum Gasteiger partial charge on any atom is 0.170 e. The van der Waals surface area contributed by atoms with Crippen molar-refractivity contribution in [2.45, 2.75) is 19.8 Å². The fraction of sp³-hybridized carbons (Fsp3) is 0.188. The smallest absolute Gasteiger partial charge is 0.170 e. The van der Waals surface area contributed by atoms with Crippen molar-refractivity contribution in [3.63, 3.8) is 0 Å². The summed E-state index contributed by atoms with van der Waals surface area (Å²) >= 11 is 0. The van der Waals surface area contributed by atoms with Gasteiger partial charge in [-0.05, 0) is 36.2 Å². The Balaban J connectivity index is 2.29. The molecule has 0 radical (unpaired) electrons. The lowest BCUT2D eigenvalue weighted by Gasteiger charge is -2.12. The monoisotopic (exact) mass is 239 g/mol. The van der Waals surface area contributed by atoms with Crippen molar-refractivity contribution in [3.05, 3.63) is 65.2 Å². The molecule has 0 saturated carbocycles. The zero-order valence-electron chi connectivity index (χ0n) is 10.7. The minimum absolute atomic E-state index is 0.129. The molecule has 0 amide bonds. The standard InChI is InChI=1S/C16H17NO/c1-11-10-14(8-9-15(11)17)16(18)12(2)13-6-4-3-5-7-13/h3-10,12H,17H2,1-2H3. The summed E-state index contributed by atoms with van der Waals surface area (Å²) < 4.78 is 0. The Kier molecular flexibility index (Phi) is 3.47. The number of nitrogen functional groups attached to an aromatic ring is 1. The number of benzene rings is 2. The number of carbonyl (C=O) groups is 1. The molecule has 18 heavy (non-hydrogen) atoms. The Morgan fingerprint density at radius 1 is 1.11 bits per heavy atom. The van der Waals surface area contributed by atoms with Crippen molar-refractivity contribution < 1.29 is 4.79 Å². The Morgan fingerprint density at radius 2 is 1.78 bits per heavy atom. The molecule has 2 N–H and O–H groups in total. The highest BCUT2D eigenvalue weighted by Crippen LogP contribution is 2.22. The normalized spacial score (nSPS) is 12.1. The zero-order valence-corrected chi connectivity index (χ0v) is 10.7. The second-order valence-electron chi connectivity index (χ2n) is 4.57. The van der Waals surface area contributed by atoms with Crippen LogP contribution in [-0.2, 0) is 0 Å². The fourth-order valence-corrected chi connectivity index (χ4v) is 1.97. The summed E-state index contributed by atoms with van der Waals surface area (Å²) in [6.45, 7) is 3.85. The van der Waals surface area contributed by atoms with E-state index in [1.165, 1.54) is 0 Å². The first-order chi connectivity index (χ1) is 8.59. The first kappa shape index (κ1) is 12.4. The first-order valence-corrected chi connectivity index (χ1v) is 6.05. The highest BCUT2D eigenvalue weighted by atomic mass is 16.1. The Morgan fingerprint density at radius 3 is 2.39 bits per heavy atom. The summed E-state index contributed by atoms with van der Waals surface area (Å²) in [6.07, 6.45) is 0. The summed E-state index contributed by atoms with van der Waals surface area (Å²) in [6, 6.07) is 15.3. The van der Waals surface area contributed by atoms with Gasteiger partial charge in [-0.25, -0.2) is 0 Å². The molecule has 0 fully saturated rings.